The molecule has 16 heavy (non-hydrogen) atoms. The highest BCUT2D eigenvalue weighted by Gasteiger charge is 2.30. The summed E-state index contributed by atoms with van der Waals surface area (Å²) in [5.41, 5.74) is -0.828. The van der Waals surface area contributed by atoms with E-state index < -0.39 is 17.7 Å². The molecule has 0 N–H and O–H groups in total. The van der Waals surface area contributed by atoms with Crippen LogP contribution in [0, 0.1) is 0 Å². The fraction of sp³-hybridized carbons (Fsp3) is 0.182. The van der Waals surface area contributed by atoms with Gasteiger partial charge in [-0.15, -0.1) is 0 Å². The standard InChI is InChI=1S/C11H9F3O2/c1-7(10(15)16-2)8-4-3-5-9(6-8)11(12,13)14/h3-6H,1H2,2H3. The molecule has 2 nitrogen and oxygen atoms in total. The average Bonchev–Trinajstić information content (AvgIpc) is 2.26. The Morgan fingerprint density at radius 2 is 2.00 bits per heavy atom. The number of carbonyl (C=O) groups is 1. The predicted molar refractivity (Wildman–Crippen MR) is 52.5 cm³/mol. The molecule has 0 radical (unpaired) electrons. The Morgan fingerprint density at radius 3 is 2.50 bits per heavy atom. The summed E-state index contributed by atoms with van der Waals surface area (Å²) in [5.74, 6) is -0.751. The van der Waals surface area contributed by atoms with Crippen LogP contribution in [-0.2, 0) is 15.7 Å². The van der Waals surface area contributed by atoms with Crippen LogP contribution in [-0.4, -0.2) is 13.1 Å². The number of carbonyl (C=O) groups excluding carboxylic acids is 1. The third-order valence-electron chi connectivity index (χ3n) is 1.97. The van der Waals surface area contributed by atoms with E-state index in [1.165, 1.54) is 12.1 Å². The van der Waals surface area contributed by atoms with E-state index in [0.717, 1.165) is 19.2 Å². The molecule has 0 saturated heterocycles. The molecule has 0 fully saturated rings. The number of hydrogen-bond acceptors (Lipinski definition) is 2. The zero-order valence-corrected chi connectivity index (χ0v) is 8.47. The first kappa shape index (κ1) is 12.3. The van der Waals surface area contributed by atoms with E-state index in [2.05, 4.69) is 11.3 Å². The SMILES string of the molecule is C=C(C(=O)OC)c1cccc(C(F)(F)F)c1. The van der Waals surface area contributed by atoms with Crippen LogP contribution in [0.1, 0.15) is 11.1 Å². The Labute approximate surface area is 90.3 Å². The molecular formula is C11H9F3O2. The van der Waals surface area contributed by atoms with Gasteiger partial charge in [0.1, 0.15) is 0 Å². The topological polar surface area (TPSA) is 26.3 Å². The van der Waals surface area contributed by atoms with Gasteiger partial charge in [0.2, 0.25) is 0 Å². The average molecular weight is 230 g/mol. The van der Waals surface area contributed by atoms with Crippen LogP contribution in [0.3, 0.4) is 0 Å². The molecule has 0 saturated carbocycles. The summed E-state index contributed by atoms with van der Waals surface area (Å²) in [5, 5.41) is 0. The molecule has 0 amide bonds. The van der Waals surface area contributed by atoms with Gasteiger partial charge in [0.05, 0.1) is 18.2 Å². The van der Waals surface area contributed by atoms with Crippen molar-refractivity contribution in [2.24, 2.45) is 0 Å². The second kappa shape index (κ2) is 4.38. The number of benzene rings is 1. The number of methoxy groups -OCH3 is 1. The number of rotatable bonds is 2. The molecule has 0 unspecified atom stereocenters. The molecule has 0 atom stereocenters. The molecule has 86 valence electrons. The molecule has 0 aliphatic carbocycles. The highest BCUT2D eigenvalue weighted by Crippen LogP contribution is 2.30. The lowest BCUT2D eigenvalue weighted by molar-refractivity contribution is -0.138. The van der Waals surface area contributed by atoms with Crippen LogP contribution in [0.4, 0.5) is 13.2 Å². The van der Waals surface area contributed by atoms with Gasteiger partial charge < -0.3 is 4.74 Å². The molecule has 0 heterocycles. The maximum atomic E-state index is 12.4. The van der Waals surface area contributed by atoms with Gasteiger partial charge in [-0.05, 0) is 17.7 Å². The van der Waals surface area contributed by atoms with Gasteiger partial charge in [-0.25, -0.2) is 4.79 Å². The molecule has 1 rings (SSSR count). The largest absolute Gasteiger partial charge is 0.465 e. The summed E-state index contributed by atoms with van der Waals surface area (Å²) in [4.78, 5) is 11.1. The van der Waals surface area contributed by atoms with Crippen LogP contribution in [0.15, 0.2) is 30.8 Å². The molecule has 0 aromatic heterocycles. The lowest BCUT2D eigenvalue weighted by Gasteiger charge is -2.09. The summed E-state index contributed by atoms with van der Waals surface area (Å²) in [7, 11) is 1.14. The molecule has 0 aliphatic rings. The minimum Gasteiger partial charge on any atom is -0.465 e. The fourth-order valence-corrected chi connectivity index (χ4v) is 1.12. The Hall–Kier alpha value is -1.78. The van der Waals surface area contributed by atoms with Crippen molar-refractivity contribution in [1.29, 1.82) is 0 Å². The summed E-state index contributed by atoms with van der Waals surface area (Å²) in [6, 6.07) is 4.37. The first-order valence-corrected chi connectivity index (χ1v) is 4.31. The maximum Gasteiger partial charge on any atom is 0.416 e. The molecule has 0 bridgehead atoms. The summed E-state index contributed by atoms with van der Waals surface area (Å²) < 4.78 is 41.5. The third kappa shape index (κ3) is 2.62. The van der Waals surface area contributed by atoms with E-state index in [1.54, 1.807) is 0 Å². The Balaban J connectivity index is 3.09. The molecule has 1 aromatic carbocycles. The number of hydrogen-bond donors (Lipinski definition) is 0. The first-order chi connectivity index (χ1) is 7.36. The summed E-state index contributed by atoms with van der Waals surface area (Å²) in [6.07, 6.45) is -4.44. The van der Waals surface area contributed by atoms with E-state index in [4.69, 9.17) is 0 Å². The van der Waals surface area contributed by atoms with Gasteiger partial charge in [-0.3, -0.25) is 0 Å². The van der Waals surface area contributed by atoms with Crippen LogP contribution >= 0.6 is 0 Å². The first-order valence-electron chi connectivity index (χ1n) is 4.31. The molecular weight excluding hydrogens is 221 g/mol. The lowest BCUT2D eigenvalue weighted by Crippen LogP contribution is -2.07. The second-order valence-corrected chi connectivity index (χ2v) is 3.05. The minimum atomic E-state index is -4.44. The van der Waals surface area contributed by atoms with Crippen molar-refractivity contribution in [3.8, 4) is 0 Å². The fourth-order valence-electron chi connectivity index (χ4n) is 1.12. The Morgan fingerprint density at radius 1 is 1.38 bits per heavy atom. The monoisotopic (exact) mass is 230 g/mol. The van der Waals surface area contributed by atoms with E-state index >= 15 is 0 Å². The van der Waals surface area contributed by atoms with Crippen LogP contribution in [0.25, 0.3) is 5.57 Å². The van der Waals surface area contributed by atoms with Gasteiger partial charge in [0, 0.05) is 0 Å². The van der Waals surface area contributed by atoms with Crippen molar-refractivity contribution in [2.45, 2.75) is 6.18 Å². The molecule has 0 spiro atoms. The maximum absolute atomic E-state index is 12.4. The Kier molecular flexibility index (Phi) is 3.37. The zero-order valence-electron chi connectivity index (χ0n) is 8.47. The highest BCUT2D eigenvalue weighted by molar-refractivity contribution is 6.15. The third-order valence-corrected chi connectivity index (χ3v) is 1.97. The normalized spacial score (nSPS) is 11.0. The van der Waals surface area contributed by atoms with Gasteiger partial charge in [0.25, 0.3) is 0 Å². The van der Waals surface area contributed by atoms with Crippen molar-refractivity contribution in [2.75, 3.05) is 7.11 Å². The number of ether oxygens (including phenoxy) is 1. The second-order valence-electron chi connectivity index (χ2n) is 3.05. The van der Waals surface area contributed by atoms with Gasteiger partial charge in [-0.1, -0.05) is 18.7 Å². The number of halogens is 3. The Bertz CT molecular complexity index is 421. The van der Waals surface area contributed by atoms with Crippen molar-refractivity contribution >= 4 is 11.5 Å². The van der Waals surface area contributed by atoms with Crippen LogP contribution in [0.2, 0.25) is 0 Å². The number of alkyl halides is 3. The zero-order chi connectivity index (χ0) is 12.3. The number of esters is 1. The van der Waals surface area contributed by atoms with Crippen molar-refractivity contribution in [3.63, 3.8) is 0 Å². The van der Waals surface area contributed by atoms with Crippen molar-refractivity contribution < 1.29 is 22.7 Å². The van der Waals surface area contributed by atoms with E-state index in [1.807, 2.05) is 0 Å². The van der Waals surface area contributed by atoms with E-state index in [-0.39, 0.29) is 11.1 Å². The molecule has 5 heteroatoms. The molecule has 0 aliphatic heterocycles. The smallest absolute Gasteiger partial charge is 0.416 e. The van der Waals surface area contributed by atoms with Gasteiger partial charge in [-0.2, -0.15) is 13.2 Å². The lowest BCUT2D eigenvalue weighted by atomic mass is 10.0. The van der Waals surface area contributed by atoms with Crippen molar-refractivity contribution in [1.82, 2.24) is 0 Å². The summed E-state index contributed by atoms with van der Waals surface area (Å²) >= 11 is 0. The van der Waals surface area contributed by atoms with E-state index in [9.17, 15) is 18.0 Å². The van der Waals surface area contributed by atoms with E-state index in [0.29, 0.717) is 0 Å². The quantitative estimate of drug-likeness (QED) is 0.576. The highest BCUT2D eigenvalue weighted by atomic mass is 19.4. The van der Waals surface area contributed by atoms with Gasteiger partial charge in [0.15, 0.2) is 0 Å². The van der Waals surface area contributed by atoms with Crippen LogP contribution in [0.5, 0.6) is 0 Å². The minimum absolute atomic E-state index is 0.0988. The molecule has 1 aromatic rings. The summed E-state index contributed by atoms with van der Waals surface area (Å²) in [6.45, 7) is 3.38. The van der Waals surface area contributed by atoms with Crippen LogP contribution < -0.4 is 0 Å². The predicted octanol–water partition coefficient (Wildman–Crippen LogP) is 2.89. The van der Waals surface area contributed by atoms with Gasteiger partial charge >= 0.3 is 12.1 Å². The van der Waals surface area contributed by atoms with Crippen molar-refractivity contribution in [3.05, 3.63) is 42.0 Å².